The first-order chi connectivity index (χ1) is 31.6. The molecule has 2 fully saturated rings. The molecule has 1 unspecified atom stereocenters. The van der Waals surface area contributed by atoms with Crippen LogP contribution in [-0.4, -0.2) is 161 Å². The second-order valence-corrected chi connectivity index (χ2v) is 15.4. The lowest BCUT2D eigenvalue weighted by Gasteiger charge is -2.37. The fourth-order valence-electron chi connectivity index (χ4n) is 7.66. The summed E-state index contributed by atoms with van der Waals surface area (Å²) < 4.78 is 58.3. The summed E-state index contributed by atoms with van der Waals surface area (Å²) in [6.45, 7) is 1.10. The summed E-state index contributed by atoms with van der Waals surface area (Å²) in [6.07, 6.45) is 3.57. The van der Waals surface area contributed by atoms with Gasteiger partial charge in [-0.05, 0) is 25.0 Å². The van der Waals surface area contributed by atoms with E-state index in [4.69, 9.17) is 22.9 Å². The maximum absolute atomic E-state index is 15.3. The number of halogens is 4. The van der Waals surface area contributed by atoms with E-state index in [0.29, 0.717) is 52.4 Å². The van der Waals surface area contributed by atoms with Crippen LogP contribution in [0.5, 0.6) is 0 Å². The minimum Gasteiger partial charge on any atom is -0.478 e. The van der Waals surface area contributed by atoms with Gasteiger partial charge < -0.3 is 67.3 Å². The van der Waals surface area contributed by atoms with E-state index in [1.165, 1.54) is 9.47 Å². The molecule has 3 aliphatic rings. The molecule has 356 valence electrons. The van der Waals surface area contributed by atoms with Gasteiger partial charge >= 0.3 is 11.9 Å². The number of nitrogens with zero attached hydrogens (tertiary/aromatic N) is 12. The van der Waals surface area contributed by atoms with E-state index in [1.54, 1.807) is 19.6 Å². The van der Waals surface area contributed by atoms with Crippen molar-refractivity contribution < 1.29 is 42.5 Å². The highest BCUT2D eigenvalue weighted by atomic mass is 19.1. The van der Waals surface area contributed by atoms with Crippen LogP contribution in [0.1, 0.15) is 47.7 Å². The number of carboxylic acids is 2. The van der Waals surface area contributed by atoms with Gasteiger partial charge in [0, 0.05) is 83.4 Å². The van der Waals surface area contributed by atoms with Crippen LogP contribution in [-0.2, 0) is 11.3 Å². The Balaban J connectivity index is 0.904. The van der Waals surface area contributed by atoms with Gasteiger partial charge in [0.1, 0.15) is 36.5 Å². The molecule has 22 nitrogen and oxygen atoms in total. The SMILES string of the molecule is NC(=NCCCCCCN=C(N)/N=C(\N)N1CCN(c2nc3c(cc2F)c(=O)c(C(=O)O)cn3CCF)CC1)/N=C(\N)N1CCN(c2nc3c(cc2F)C(O)C(C(=O)O)=CN3CCF)CC1. The lowest BCUT2D eigenvalue weighted by Crippen LogP contribution is -2.52. The molecule has 26 heteroatoms. The highest BCUT2D eigenvalue weighted by Crippen LogP contribution is 2.38. The molecule has 0 aromatic carbocycles. The van der Waals surface area contributed by atoms with Crippen molar-refractivity contribution in [1.29, 1.82) is 0 Å². The molecule has 3 aliphatic heterocycles. The third-order valence-corrected chi connectivity index (χ3v) is 11.1. The summed E-state index contributed by atoms with van der Waals surface area (Å²) in [5.74, 6) is -4.27. The first-order valence-corrected chi connectivity index (χ1v) is 21.1. The molecule has 6 heterocycles. The van der Waals surface area contributed by atoms with Crippen LogP contribution in [0.2, 0.25) is 0 Å². The number of aliphatic carboxylic acids is 1. The van der Waals surface area contributed by atoms with Crippen LogP contribution >= 0.6 is 0 Å². The van der Waals surface area contributed by atoms with Crippen molar-refractivity contribution in [2.45, 2.75) is 38.3 Å². The summed E-state index contributed by atoms with van der Waals surface area (Å²) in [5, 5.41) is 29.1. The summed E-state index contributed by atoms with van der Waals surface area (Å²) >= 11 is 0. The van der Waals surface area contributed by atoms with Gasteiger partial charge in [-0.3, -0.25) is 14.8 Å². The first kappa shape index (κ1) is 48.2. The number of aryl methyl sites for hydroxylation is 1. The topological polar surface area (TPSA) is 312 Å². The Morgan fingerprint density at radius 3 is 1.73 bits per heavy atom. The van der Waals surface area contributed by atoms with Crippen LogP contribution < -0.4 is 43.1 Å². The average molecular weight is 929 g/mol. The van der Waals surface area contributed by atoms with Crippen LogP contribution in [0.4, 0.5) is 35.0 Å². The van der Waals surface area contributed by atoms with Crippen LogP contribution in [0.25, 0.3) is 11.0 Å². The number of hydrogen-bond acceptors (Lipinski definition) is 11. The van der Waals surface area contributed by atoms with Crippen molar-refractivity contribution in [3.8, 4) is 0 Å². The van der Waals surface area contributed by atoms with E-state index in [1.807, 2.05) is 0 Å². The molecule has 0 spiro atoms. The third-order valence-electron chi connectivity index (χ3n) is 11.1. The number of guanidine groups is 4. The molecule has 0 aliphatic carbocycles. The van der Waals surface area contributed by atoms with E-state index in [-0.39, 0.29) is 84.1 Å². The summed E-state index contributed by atoms with van der Waals surface area (Å²) in [7, 11) is 0. The zero-order chi connectivity index (χ0) is 47.7. The number of hydrogen-bond donors (Lipinski definition) is 7. The van der Waals surface area contributed by atoms with E-state index in [0.717, 1.165) is 50.2 Å². The molecule has 1 atom stereocenters. The van der Waals surface area contributed by atoms with E-state index >= 15 is 8.78 Å². The number of unbranched alkanes of at least 4 members (excludes halogenated alkanes) is 3. The maximum atomic E-state index is 15.3. The van der Waals surface area contributed by atoms with Gasteiger partial charge in [-0.15, -0.1) is 0 Å². The van der Waals surface area contributed by atoms with Gasteiger partial charge in [0.15, 0.2) is 35.2 Å². The van der Waals surface area contributed by atoms with Gasteiger partial charge in [-0.2, -0.15) is 9.98 Å². The summed E-state index contributed by atoms with van der Waals surface area (Å²) in [5.41, 5.74) is 22.4. The average Bonchev–Trinajstić information content (AvgIpc) is 3.28. The predicted molar refractivity (Wildman–Crippen MR) is 239 cm³/mol. The monoisotopic (exact) mass is 928 g/mol. The van der Waals surface area contributed by atoms with Crippen molar-refractivity contribution in [1.82, 2.24) is 24.3 Å². The molecule has 6 rings (SSSR count). The molecule has 11 N–H and O–H groups in total. The Morgan fingerprint density at radius 2 is 1.23 bits per heavy atom. The van der Waals surface area contributed by atoms with Gasteiger partial charge in [-0.25, -0.2) is 37.1 Å². The maximum Gasteiger partial charge on any atom is 0.341 e. The predicted octanol–water partition coefficient (Wildman–Crippen LogP) is 0.292. The van der Waals surface area contributed by atoms with Crippen molar-refractivity contribution in [2.24, 2.45) is 42.9 Å². The summed E-state index contributed by atoms with van der Waals surface area (Å²) in [6, 6.07) is 1.96. The van der Waals surface area contributed by atoms with Crippen LogP contribution in [0, 0.1) is 11.6 Å². The minimum atomic E-state index is -1.63. The fraction of sp³-hybridized carbons (Fsp3) is 0.475. The van der Waals surface area contributed by atoms with Crippen molar-refractivity contribution in [2.75, 3.05) is 100 Å². The Hall–Kier alpha value is -7.25. The number of piperazine rings is 2. The number of aliphatic hydroxyl groups excluding tert-OH is 1. The molecular formula is C40H52F4N16O6. The number of aliphatic hydroxyl groups is 1. The highest BCUT2D eigenvalue weighted by molar-refractivity contribution is 5.95. The number of carboxylic acid groups (broad SMARTS) is 2. The van der Waals surface area contributed by atoms with Crippen molar-refractivity contribution >= 4 is 64.3 Å². The molecule has 3 aromatic heterocycles. The Morgan fingerprint density at radius 1 is 0.712 bits per heavy atom. The Kier molecular flexibility index (Phi) is 15.8. The molecule has 3 aromatic rings. The molecule has 66 heavy (non-hydrogen) atoms. The number of nitrogens with two attached hydrogens (primary N) is 4. The first-order valence-electron chi connectivity index (χ1n) is 21.1. The number of aliphatic imine (C=N–C) groups is 4. The minimum absolute atomic E-state index is 0.00193. The normalized spacial score (nSPS) is 17.7. The lowest BCUT2D eigenvalue weighted by molar-refractivity contribution is -0.133. The quantitative estimate of drug-likeness (QED) is 0.0466. The van der Waals surface area contributed by atoms with Crippen molar-refractivity contribution in [3.63, 3.8) is 0 Å². The number of aromatic nitrogens is 3. The second kappa shape index (κ2) is 21.6. The summed E-state index contributed by atoms with van der Waals surface area (Å²) in [4.78, 5) is 69.5. The van der Waals surface area contributed by atoms with Gasteiger partial charge in [0.05, 0.1) is 24.0 Å². The van der Waals surface area contributed by atoms with Gasteiger partial charge in [0.2, 0.25) is 17.3 Å². The molecule has 2 saturated heterocycles. The van der Waals surface area contributed by atoms with Crippen LogP contribution in [0.3, 0.4) is 0 Å². The number of aromatic carboxylic acids is 1. The van der Waals surface area contributed by atoms with Crippen LogP contribution in [0.15, 0.2) is 54.9 Å². The Bertz CT molecular complexity index is 2500. The zero-order valence-electron chi connectivity index (χ0n) is 35.9. The standard InChI is InChI=1S/C40H52F4N16O6/c41-5-9-59-21-25(35(63)64)29(61)23-19-27(43)33(51-31(23)59)55-11-15-57(16-12-55)39(47)53-37(45)49-7-3-1-2-4-8-50-38(46)54-40(48)58-17-13-56(14-18-58)34-28(44)20-24-30(62)26(36(65)66)22-60(10-6-42)32(24)52-34/h19-22,29,61H,1-18H2,(H,63,64)(H,65,66)(H4,45,47,49,53)(H4,46,48,50,54). The number of alkyl halides is 2. The van der Waals surface area contributed by atoms with Gasteiger partial charge in [-0.1, -0.05) is 12.8 Å². The molecule has 0 saturated carbocycles. The van der Waals surface area contributed by atoms with Crippen molar-refractivity contribution in [3.05, 3.63) is 63.1 Å². The zero-order valence-corrected chi connectivity index (χ0v) is 35.9. The number of rotatable bonds is 15. The third kappa shape index (κ3) is 11.2. The van der Waals surface area contributed by atoms with E-state index in [2.05, 4.69) is 29.9 Å². The Labute approximate surface area is 374 Å². The smallest absolute Gasteiger partial charge is 0.341 e. The lowest BCUT2D eigenvalue weighted by atomic mass is 9.99. The molecular weight excluding hydrogens is 877 g/mol. The molecule has 0 radical (unpaired) electrons. The van der Waals surface area contributed by atoms with E-state index in [9.17, 15) is 38.5 Å². The van der Waals surface area contributed by atoms with Gasteiger partial charge in [0.25, 0.3) is 0 Å². The number of anilines is 3. The number of fused-ring (bicyclic) bond motifs is 2. The molecule has 0 bridgehead atoms. The number of carbonyl (C=O) groups is 2. The van der Waals surface area contributed by atoms with E-state index < -0.39 is 59.6 Å². The second-order valence-electron chi connectivity index (χ2n) is 15.4. The fourth-order valence-corrected chi connectivity index (χ4v) is 7.66. The number of pyridine rings is 3. The largest absolute Gasteiger partial charge is 0.478 e. The molecule has 0 amide bonds. The highest BCUT2D eigenvalue weighted by Gasteiger charge is 2.34.